The van der Waals surface area contributed by atoms with E-state index in [1.54, 1.807) is 0 Å². The molecule has 0 aromatic rings. The van der Waals surface area contributed by atoms with E-state index in [9.17, 15) is 0 Å². The first-order valence-corrected chi connectivity index (χ1v) is 5.63. The molecular formula is C10H26N4O. The predicted octanol–water partition coefficient (Wildman–Crippen LogP) is -0.0365. The molecule has 5 nitrogen and oxygen atoms in total. The Morgan fingerprint density at radius 2 is 1.93 bits per heavy atom. The highest BCUT2D eigenvalue weighted by molar-refractivity contribution is 4.46. The van der Waals surface area contributed by atoms with Crippen molar-refractivity contribution in [1.82, 2.24) is 20.9 Å². The number of hydrogen-bond acceptors (Lipinski definition) is 5. The molecule has 0 unspecified atom stereocenters. The molecule has 0 amide bonds. The number of unbranched alkanes of at least 4 members (excludes halogenated alkanes) is 1. The SMILES string of the molecule is CCCCOCNCN(C)CNCNC. The second-order valence-corrected chi connectivity index (χ2v) is 3.61. The lowest BCUT2D eigenvalue weighted by atomic mass is 10.4. The number of nitrogens with zero attached hydrogens (tertiary/aromatic N) is 1. The quantitative estimate of drug-likeness (QED) is 0.336. The van der Waals surface area contributed by atoms with Crippen molar-refractivity contribution >= 4 is 0 Å². The van der Waals surface area contributed by atoms with Crippen LogP contribution in [0, 0.1) is 0 Å². The van der Waals surface area contributed by atoms with Gasteiger partial charge in [-0.3, -0.25) is 15.5 Å². The van der Waals surface area contributed by atoms with E-state index in [1.807, 2.05) is 7.05 Å². The van der Waals surface area contributed by atoms with Crippen molar-refractivity contribution in [2.24, 2.45) is 0 Å². The Labute approximate surface area is 93.5 Å². The number of ether oxygens (including phenoxy) is 1. The fourth-order valence-electron chi connectivity index (χ4n) is 1.05. The third-order valence-electron chi connectivity index (χ3n) is 1.91. The zero-order valence-corrected chi connectivity index (χ0v) is 10.3. The molecule has 0 aromatic heterocycles. The van der Waals surface area contributed by atoms with Gasteiger partial charge in [-0.1, -0.05) is 13.3 Å². The van der Waals surface area contributed by atoms with Crippen LogP contribution in [0.4, 0.5) is 0 Å². The van der Waals surface area contributed by atoms with Gasteiger partial charge in [-0.05, 0) is 20.5 Å². The molecular weight excluding hydrogens is 192 g/mol. The van der Waals surface area contributed by atoms with Crippen LogP contribution in [0.3, 0.4) is 0 Å². The predicted molar refractivity (Wildman–Crippen MR) is 63.4 cm³/mol. The van der Waals surface area contributed by atoms with Crippen molar-refractivity contribution in [3.05, 3.63) is 0 Å². The average molecular weight is 218 g/mol. The van der Waals surface area contributed by atoms with E-state index >= 15 is 0 Å². The first-order valence-electron chi connectivity index (χ1n) is 5.63. The maximum Gasteiger partial charge on any atom is 0.0975 e. The molecule has 5 heteroatoms. The zero-order valence-electron chi connectivity index (χ0n) is 10.3. The largest absolute Gasteiger partial charge is 0.366 e. The fraction of sp³-hybridized carbons (Fsp3) is 1.00. The second-order valence-electron chi connectivity index (χ2n) is 3.61. The molecule has 0 aromatic carbocycles. The van der Waals surface area contributed by atoms with Crippen LogP contribution < -0.4 is 16.0 Å². The maximum atomic E-state index is 5.38. The molecule has 0 aliphatic rings. The van der Waals surface area contributed by atoms with Gasteiger partial charge < -0.3 is 10.1 Å². The van der Waals surface area contributed by atoms with Crippen LogP contribution in [0.5, 0.6) is 0 Å². The lowest BCUT2D eigenvalue weighted by Crippen LogP contribution is -2.40. The molecule has 0 atom stereocenters. The van der Waals surface area contributed by atoms with E-state index in [-0.39, 0.29) is 0 Å². The Hall–Kier alpha value is -0.200. The zero-order chi connectivity index (χ0) is 11.4. The van der Waals surface area contributed by atoms with Gasteiger partial charge in [0.05, 0.1) is 13.4 Å². The summed E-state index contributed by atoms with van der Waals surface area (Å²) in [5.74, 6) is 0. The summed E-state index contributed by atoms with van der Waals surface area (Å²) in [6.45, 7) is 6.18. The first-order chi connectivity index (χ1) is 7.31. The van der Waals surface area contributed by atoms with Gasteiger partial charge in [0.1, 0.15) is 0 Å². The van der Waals surface area contributed by atoms with E-state index in [0.29, 0.717) is 6.73 Å². The molecule has 0 rings (SSSR count). The van der Waals surface area contributed by atoms with Crippen molar-refractivity contribution in [2.45, 2.75) is 19.8 Å². The van der Waals surface area contributed by atoms with Crippen LogP contribution in [0.25, 0.3) is 0 Å². The molecule has 0 saturated heterocycles. The second kappa shape index (κ2) is 11.9. The topological polar surface area (TPSA) is 48.6 Å². The van der Waals surface area contributed by atoms with Crippen LogP contribution >= 0.6 is 0 Å². The Kier molecular flexibility index (Phi) is 11.7. The van der Waals surface area contributed by atoms with E-state index < -0.39 is 0 Å². The van der Waals surface area contributed by atoms with Gasteiger partial charge in [0.25, 0.3) is 0 Å². The summed E-state index contributed by atoms with van der Waals surface area (Å²) in [5.41, 5.74) is 0. The molecule has 0 spiro atoms. The van der Waals surface area contributed by atoms with Gasteiger partial charge in [-0.15, -0.1) is 0 Å². The van der Waals surface area contributed by atoms with E-state index in [0.717, 1.165) is 33.0 Å². The number of nitrogens with one attached hydrogen (secondary N) is 3. The molecule has 15 heavy (non-hydrogen) atoms. The Morgan fingerprint density at radius 1 is 1.20 bits per heavy atom. The molecule has 92 valence electrons. The molecule has 3 N–H and O–H groups in total. The molecule has 0 saturated carbocycles. The summed E-state index contributed by atoms with van der Waals surface area (Å²) in [7, 11) is 3.98. The van der Waals surface area contributed by atoms with Crippen molar-refractivity contribution < 1.29 is 4.74 Å². The summed E-state index contributed by atoms with van der Waals surface area (Å²) in [5, 5.41) is 9.47. The lowest BCUT2D eigenvalue weighted by Gasteiger charge is -2.17. The molecule has 0 bridgehead atoms. The Bertz CT molecular complexity index is 124. The molecule has 0 fully saturated rings. The molecule has 0 aliphatic heterocycles. The monoisotopic (exact) mass is 218 g/mol. The molecule has 0 aliphatic carbocycles. The normalized spacial score (nSPS) is 11.2. The fourth-order valence-corrected chi connectivity index (χ4v) is 1.05. The van der Waals surface area contributed by atoms with Gasteiger partial charge in [-0.2, -0.15) is 0 Å². The molecule has 0 radical (unpaired) electrons. The van der Waals surface area contributed by atoms with Crippen LogP contribution in [0.15, 0.2) is 0 Å². The van der Waals surface area contributed by atoms with Gasteiger partial charge >= 0.3 is 0 Å². The van der Waals surface area contributed by atoms with Gasteiger partial charge in [0.2, 0.25) is 0 Å². The van der Waals surface area contributed by atoms with Crippen molar-refractivity contribution in [1.29, 1.82) is 0 Å². The third kappa shape index (κ3) is 11.7. The standard InChI is InChI=1S/C10H26N4O/c1-4-5-6-15-10-13-9-14(3)8-12-7-11-2/h11-13H,4-10H2,1-3H3. The number of rotatable bonds is 11. The summed E-state index contributed by atoms with van der Waals surface area (Å²) < 4.78 is 5.38. The van der Waals surface area contributed by atoms with Gasteiger partial charge in [0, 0.05) is 19.9 Å². The highest BCUT2D eigenvalue weighted by Crippen LogP contribution is 1.85. The van der Waals surface area contributed by atoms with E-state index in [1.165, 1.54) is 6.42 Å². The van der Waals surface area contributed by atoms with Crippen molar-refractivity contribution in [3.8, 4) is 0 Å². The third-order valence-corrected chi connectivity index (χ3v) is 1.91. The summed E-state index contributed by atoms with van der Waals surface area (Å²) in [6.07, 6.45) is 2.33. The Morgan fingerprint density at radius 3 is 2.60 bits per heavy atom. The van der Waals surface area contributed by atoms with Crippen LogP contribution in [-0.4, -0.2) is 52.3 Å². The van der Waals surface area contributed by atoms with Crippen LogP contribution in [0.1, 0.15) is 19.8 Å². The van der Waals surface area contributed by atoms with Gasteiger partial charge in [-0.25, -0.2) is 0 Å². The summed E-state index contributed by atoms with van der Waals surface area (Å²) >= 11 is 0. The highest BCUT2D eigenvalue weighted by atomic mass is 16.5. The minimum absolute atomic E-state index is 0.635. The van der Waals surface area contributed by atoms with Gasteiger partial charge in [0.15, 0.2) is 0 Å². The highest BCUT2D eigenvalue weighted by Gasteiger charge is 1.95. The van der Waals surface area contributed by atoms with Crippen LogP contribution in [0.2, 0.25) is 0 Å². The maximum absolute atomic E-state index is 5.38. The first kappa shape index (κ1) is 14.8. The number of hydrogen-bond donors (Lipinski definition) is 3. The van der Waals surface area contributed by atoms with Crippen molar-refractivity contribution in [3.63, 3.8) is 0 Å². The summed E-state index contributed by atoms with van der Waals surface area (Å²) in [4.78, 5) is 2.15. The minimum atomic E-state index is 0.635. The minimum Gasteiger partial charge on any atom is -0.366 e. The van der Waals surface area contributed by atoms with Crippen molar-refractivity contribution in [2.75, 3.05) is 47.4 Å². The Balaban J connectivity index is 3.06. The molecule has 0 heterocycles. The average Bonchev–Trinajstić information content (AvgIpc) is 2.23. The van der Waals surface area contributed by atoms with E-state index in [4.69, 9.17) is 4.74 Å². The van der Waals surface area contributed by atoms with E-state index in [2.05, 4.69) is 34.8 Å². The lowest BCUT2D eigenvalue weighted by molar-refractivity contribution is 0.101. The summed E-state index contributed by atoms with van der Waals surface area (Å²) in [6, 6.07) is 0. The van der Waals surface area contributed by atoms with Crippen LogP contribution in [-0.2, 0) is 4.74 Å². The smallest absolute Gasteiger partial charge is 0.0975 e.